The van der Waals surface area contributed by atoms with Gasteiger partial charge in [-0.15, -0.1) is 12.4 Å². The minimum atomic E-state index is 0. The molecule has 0 heterocycles. The second kappa shape index (κ2) is 7.91. The molecule has 0 aliphatic carbocycles. The van der Waals surface area contributed by atoms with Crippen LogP contribution in [0.1, 0.15) is 18.9 Å². The third-order valence-corrected chi connectivity index (χ3v) is 2.82. The average Bonchev–Trinajstić information content (AvgIpc) is 2.41. The van der Waals surface area contributed by atoms with Crippen molar-refractivity contribution in [3.05, 3.63) is 60.2 Å². The minimum absolute atomic E-state index is 0. The Bertz CT molecular complexity index is 436. The van der Waals surface area contributed by atoms with Crippen LogP contribution >= 0.6 is 12.4 Å². The molecule has 2 rings (SSSR count). The lowest BCUT2D eigenvalue weighted by molar-refractivity contribution is 0.675. The van der Waals surface area contributed by atoms with Crippen LogP contribution in [0.15, 0.2) is 54.6 Å². The number of halogens is 1. The smallest absolute Gasteiger partial charge is 0.0205 e. The summed E-state index contributed by atoms with van der Waals surface area (Å²) in [5.74, 6) is 0. The molecule has 2 heteroatoms. The van der Waals surface area contributed by atoms with Crippen molar-refractivity contribution in [2.45, 2.75) is 19.9 Å². The molecule has 96 valence electrons. The first-order valence-corrected chi connectivity index (χ1v) is 6.25. The summed E-state index contributed by atoms with van der Waals surface area (Å²) in [5.41, 5.74) is 3.91. The zero-order valence-corrected chi connectivity index (χ0v) is 11.5. The van der Waals surface area contributed by atoms with Crippen LogP contribution in [0.2, 0.25) is 0 Å². The second-order valence-corrected chi connectivity index (χ2v) is 4.24. The van der Waals surface area contributed by atoms with E-state index in [0.717, 1.165) is 13.1 Å². The lowest BCUT2D eigenvalue weighted by Gasteiger charge is -2.05. The van der Waals surface area contributed by atoms with Gasteiger partial charge in [0.1, 0.15) is 0 Å². The van der Waals surface area contributed by atoms with Gasteiger partial charge in [0.2, 0.25) is 0 Å². The summed E-state index contributed by atoms with van der Waals surface area (Å²) in [4.78, 5) is 0. The quantitative estimate of drug-likeness (QED) is 0.793. The molecule has 0 fully saturated rings. The third kappa shape index (κ3) is 4.17. The first-order chi connectivity index (χ1) is 8.40. The molecule has 1 N–H and O–H groups in total. The van der Waals surface area contributed by atoms with Crippen molar-refractivity contribution < 1.29 is 0 Å². The van der Waals surface area contributed by atoms with E-state index in [4.69, 9.17) is 0 Å². The molecule has 0 spiro atoms. The fraction of sp³-hybridized carbons (Fsp3) is 0.250. The Hall–Kier alpha value is -1.31. The largest absolute Gasteiger partial charge is 0.313 e. The van der Waals surface area contributed by atoms with Crippen LogP contribution in [-0.2, 0) is 6.54 Å². The molecule has 2 aromatic carbocycles. The summed E-state index contributed by atoms with van der Waals surface area (Å²) in [6.45, 7) is 4.23. The predicted octanol–water partition coefficient (Wildman–Crippen LogP) is 4.28. The van der Waals surface area contributed by atoms with Crippen LogP contribution in [0.4, 0.5) is 0 Å². The fourth-order valence-corrected chi connectivity index (χ4v) is 1.86. The summed E-state index contributed by atoms with van der Waals surface area (Å²) in [5, 5.41) is 3.41. The normalized spacial score (nSPS) is 9.83. The number of benzene rings is 2. The molecule has 2 aromatic rings. The van der Waals surface area contributed by atoms with Crippen LogP contribution in [0.25, 0.3) is 11.1 Å². The first-order valence-electron chi connectivity index (χ1n) is 6.25. The lowest BCUT2D eigenvalue weighted by atomic mass is 10.0. The Kier molecular flexibility index (Phi) is 6.48. The van der Waals surface area contributed by atoms with Gasteiger partial charge in [-0.05, 0) is 29.7 Å². The fourth-order valence-electron chi connectivity index (χ4n) is 1.86. The van der Waals surface area contributed by atoms with E-state index < -0.39 is 0 Å². The Labute approximate surface area is 116 Å². The van der Waals surface area contributed by atoms with Crippen LogP contribution in [0, 0.1) is 0 Å². The van der Waals surface area contributed by atoms with Gasteiger partial charge in [-0.3, -0.25) is 0 Å². The summed E-state index contributed by atoms with van der Waals surface area (Å²) in [6, 6.07) is 19.3. The molecule has 0 bridgehead atoms. The second-order valence-electron chi connectivity index (χ2n) is 4.24. The summed E-state index contributed by atoms with van der Waals surface area (Å²) in [7, 11) is 0. The maximum Gasteiger partial charge on any atom is 0.0205 e. The van der Waals surface area contributed by atoms with Crippen molar-refractivity contribution in [1.82, 2.24) is 5.32 Å². The van der Waals surface area contributed by atoms with Crippen LogP contribution in [-0.4, -0.2) is 6.54 Å². The van der Waals surface area contributed by atoms with Gasteiger partial charge >= 0.3 is 0 Å². The monoisotopic (exact) mass is 261 g/mol. The van der Waals surface area contributed by atoms with Crippen molar-refractivity contribution in [1.29, 1.82) is 0 Å². The number of rotatable bonds is 5. The van der Waals surface area contributed by atoms with Gasteiger partial charge in [0.05, 0.1) is 0 Å². The Morgan fingerprint density at radius 3 is 2.06 bits per heavy atom. The zero-order chi connectivity index (χ0) is 11.9. The molecule has 0 amide bonds. The van der Waals surface area contributed by atoms with Gasteiger partial charge in [0.25, 0.3) is 0 Å². The van der Waals surface area contributed by atoms with Crippen LogP contribution < -0.4 is 5.32 Å². The summed E-state index contributed by atoms with van der Waals surface area (Å²) < 4.78 is 0. The topological polar surface area (TPSA) is 12.0 Å². The van der Waals surface area contributed by atoms with E-state index in [9.17, 15) is 0 Å². The molecule has 0 aliphatic heterocycles. The van der Waals surface area contributed by atoms with E-state index in [1.54, 1.807) is 0 Å². The van der Waals surface area contributed by atoms with Gasteiger partial charge in [-0.25, -0.2) is 0 Å². The van der Waals surface area contributed by atoms with Crippen LogP contribution in [0.3, 0.4) is 0 Å². The maximum absolute atomic E-state index is 3.41. The molecule has 0 aromatic heterocycles. The molecule has 18 heavy (non-hydrogen) atoms. The molecule has 0 radical (unpaired) electrons. The van der Waals surface area contributed by atoms with Gasteiger partial charge in [-0.1, -0.05) is 61.5 Å². The Morgan fingerprint density at radius 2 is 1.44 bits per heavy atom. The lowest BCUT2D eigenvalue weighted by Crippen LogP contribution is -2.13. The van der Waals surface area contributed by atoms with E-state index in [1.165, 1.54) is 23.1 Å². The van der Waals surface area contributed by atoms with E-state index >= 15 is 0 Å². The van der Waals surface area contributed by atoms with E-state index in [2.05, 4.69) is 60.8 Å². The number of hydrogen-bond acceptors (Lipinski definition) is 1. The Morgan fingerprint density at radius 1 is 0.833 bits per heavy atom. The van der Waals surface area contributed by atoms with Crippen molar-refractivity contribution in [3.8, 4) is 11.1 Å². The van der Waals surface area contributed by atoms with E-state index in [-0.39, 0.29) is 12.4 Å². The zero-order valence-electron chi connectivity index (χ0n) is 10.7. The maximum atomic E-state index is 3.41. The molecule has 0 atom stereocenters. The van der Waals surface area contributed by atoms with Crippen molar-refractivity contribution in [3.63, 3.8) is 0 Å². The standard InChI is InChI=1S/C16H19N.ClH/c1-2-12-17-13-14-8-10-16(11-9-14)15-6-4-3-5-7-15;/h3-11,17H,2,12-13H2,1H3;1H. The highest BCUT2D eigenvalue weighted by atomic mass is 35.5. The molecular weight excluding hydrogens is 242 g/mol. The van der Waals surface area contributed by atoms with Gasteiger partial charge in [0, 0.05) is 6.54 Å². The minimum Gasteiger partial charge on any atom is -0.313 e. The van der Waals surface area contributed by atoms with Gasteiger partial charge in [0.15, 0.2) is 0 Å². The molecule has 0 saturated carbocycles. The van der Waals surface area contributed by atoms with E-state index in [1.807, 2.05) is 6.07 Å². The molecule has 0 saturated heterocycles. The predicted molar refractivity (Wildman–Crippen MR) is 81.1 cm³/mol. The number of nitrogens with one attached hydrogen (secondary N) is 1. The molecule has 0 aliphatic rings. The number of hydrogen-bond donors (Lipinski definition) is 1. The molecule has 1 nitrogen and oxygen atoms in total. The molecular formula is C16H20ClN. The molecule has 0 unspecified atom stereocenters. The van der Waals surface area contributed by atoms with Crippen molar-refractivity contribution in [2.75, 3.05) is 6.54 Å². The van der Waals surface area contributed by atoms with Gasteiger partial charge in [-0.2, -0.15) is 0 Å². The highest BCUT2D eigenvalue weighted by Crippen LogP contribution is 2.18. The highest BCUT2D eigenvalue weighted by Gasteiger charge is 1.96. The van der Waals surface area contributed by atoms with Crippen molar-refractivity contribution >= 4 is 12.4 Å². The Balaban J connectivity index is 0.00000162. The summed E-state index contributed by atoms with van der Waals surface area (Å²) in [6.07, 6.45) is 1.18. The summed E-state index contributed by atoms with van der Waals surface area (Å²) >= 11 is 0. The third-order valence-electron chi connectivity index (χ3n) is 2.82. The van der Waals surface area contributed by atoms with Gasteiger partial charge < -0.3 is 5.32 Å². The average molecular weight is 262 g/mol. The van der Waals surface area contributed by atoms with E-state index in [0.29, 0.717) is 0 Å². The highest BCUT2D eigenvalue weighted by molar-refractivity contribution is 5.85. The van der Waals surface area contributed by atoms with Crippen LogP contribution in [0.5, 0.6) is 0 Å². The van der Waals surface area contributed by atoms with Crippen molar-refractivity contribution in [2.24, 2.45) is 0 Å². The first kappa shape index (κ1) is 14.7. The SMILES string of the molecule is CCCNCc1ccc(-c2ccccc2)cc1.Cl.